The molecule has 0 saturated carbocycles. The molecule has 1 N–H and O–H groups in total. The zero-order valence-electron chi connectivity index (χ0n) is 19.1. The van der Waals surface area contributed by atoms with Gasteiger partial charge in [0, 0.05) is 24.3 Å². The smallest absolute Gasteiger partial charge is 0.410 e. The molecule has 4 rings (SSSR count). The number of carbonyl (C=O) groups is 2. The molecular formula is C23H25N7O4. The lowest BCUT2D eigenvalue weighted by molar-refractivity contribution is 0.0207. The lowest BCUT2D eigenvalue weighted by Gasteiger charge is -2.28. The molecule has 0 spiro atoms. The van der Waals surface area contributed by atoms with E-state index >= 15 is 0 Å². The molecule has 1 saturated heterocycles. The molecule has 11 heteroatoms. The van der Waals surface area contributed by atoms with Crippen LogP contribution in [0, 0.1) is 11.3 Å². The third-order valence-electron chi connectivity index (χ3n) is 5.22. The van der Waals surface area contributed by atoms with Gasteiger partial charge >= 0.3 is 12.0 Å². The van der Waals surface area contributed by atoms with Gasteiger partial charge in [0.2, 0.25) is 0 Å². The van der Waals surface area contributed by atoms with Crippen LogP contribution in [0.15, 0.2) is 47.3 Å². The lowest BCUT2D eigenvalue weighted by atomic mass is 10.1. The zero-order chi connectivity index (χ0) is 24.3. The van der Waals surface area contributed by atoms with Gasteiger partial charge in [-0.2, -0.15) is 5.26 Å². The van der Waals surface area contributed by atoms with Crippen molar-refractivity contribution in [3.05, 3.63) is 54.3 Å². The van der Waals surface area contributed by atoms with Crippen LogP contribution in [0.25, 0.3) is 11.3 Å². The number of amides is 2. The Kier molecular flexibility index (Phi) is 6.32. The quantitative estimate of drug-likeness (QED) is 0.609. The first-order chi connectivity index (χ1) is 16.2. The Hall–Kier alpha value is -4.20. The number of hydrogen-bond donors (Lipinski definition) is 1. The van der Waals surface area contributed by atoms with Crippen molar-refractivity contribution in [2.45, 2.75) is 51.4 Å². The van der Waals surface area contributed by atoms with Crippen molar-refractivity contribution in [1.29, 1.82) is 5.26 Å². The van der Waals surface area contributed by atoms with E-state index in [2.05, 4.69) is 26.7 Å². The molecule has 176 valence electrons. The molecule has 11 nitrogen and oxygen atoms in total. The number of carbonyl (C=O) groups excluding carboxylic acids is 2. The fourth-order valence-electron chi connectivity index (χ4n) is 3.79. The molecular weight excluding hydrogens is 438 g/mol. The summed E-state index contributed by atoms with van der Waals surface area (Å²) in [7, 11) is 0. The molecule has 2 atom stereocenters. The molecule has 1 aliphatic rings. The fraction of sp³-hybridized carbons (Fsp3) is 0.391. The Balaban J connectivity index is 1.45. The van der Waals surface area contributed by atoms with Crippen molar-refractivity contribution in [1.82, 2.24) is 30.2 Å². The van der Waals surface area contributed by atoms with Gasteiger partial charge in [0.1, 0.15) is 5.60 Å². The van der Waals surface area contributed by atoms with E-state index in [9.17, 15) is 9.59 Å². The number of hydrogen-bond acceptors (Lipinski definition) is 8. The Morgan fingerprint density at radius 3 is 2.88 bits per heavy atom. The highest BCUT2D eigenvalue weighted by molar-refractivity contribution is 5.90. The van der Waals surface area contributed by atoms with Crippen LogP contribution >= 0.6 is 0 Å². The molecule has 0 bridgehead atoms. The van der Waals surface area contributed by atoms with Crippen LogP contribution in [-0.4, -0.2) is 61.1 Å². The summed E-state index contributed by atoms with van der Waals surface area (Å²) in [4.78, 5) is 31.3. The third kappa shape index (κ3) is 5.40. The van der Waals surface area contributed by atoms with Gasteiger partial charge in [-0.3, -0.25) is 9.48 Å². The summed E-state index contributed by atoms with van der Waals surface area (Å²) < 4.78 is 12.8. The van der Waals surface area contributed by atoms with Crippen LogP contribution in [0.4, 0.5) is 4.79 Å². The highest BCUT2D eigenvalue weighted by Crippen LogP contribution is 2.24. The number of oxazole rings is 1. The normalized spacial score (nSPS) is 17.9. The molecule has 3 heterocycles. The Morgan fingerprint density at radius 2 is 2.18 bits per heavy atom. The van der Waals surface area contributed by atoms with Gasteiger partial charge in [0.25, 0.3) is 5.89 Å². The first-order valence-electron chi connectivity index (χ1n) is 10.8. The van der Waals surface area contributed by atoms with E-state index in [-0.39, 0.29) is 24.5 Å². The Labute approximate surface area is 196 Å². The zero-order valence-corrected chi connectivity index (χ0v) is 19.1. The summed E-state index contributed by atoms with van der Waals surface area (Å²) in [6.07, 6.45) is 4.78. The van der Waals surface area contributed by atoms with Crippen molar-refractivity contribution in [2.75, 3.05) is 6.54 Å². The fourth-order valence-corrected chi connectivity index (χ4v) is 3.79. The van der Waals surface area contributed by atoms with E-state index < -0.39 is 17.6 Å². The number of benzene rings is 1. The summed E-state index contributed by atoms with van der Waals surface area (Å²) in [5, 5.41) is 19.8. The van der Waals surface area contributed by atoms with Crippen molar-refractivity contribution in [3.63, 3.8) is 0 Å². The van der Waals surface area contributed by atoms with E-state index in [1.54, 1.807) is 67.0 Å². The highest BCUT2D eigenvalue weighted by Gasteiger charge is 2.39. The molecule has 1 fully saturated rings. The van der Waals surface area contributed by atoms with Gasteiger partial charge in [-0.1, -0.05) is 17.3 Å². The second kappa shape index (κ2) is 9.35. The maximum absolute atomic E-state index is 12.8. The number of ether oxygens (including phenoxy) is 1. The monoisotopic (exact) mass is 463 g/mol. The minimum Gasteiger partial charge on any atom is -0.444 e. The number of rotatable bonds is 5. The van der Waals surface area contributed by atoms with Gasteiger partial charge in [-0.15, -0.1) is 5.10 Å². The molecule has 0 aliphatic carbocycles. The predicted octanol–water partition coefficient (Wildman–Crippen LogP) is 2.61. The molecule has 0 radical (unpaired) electrons. The molecule has 3 aromatic rings. The van der Waals surface area contributed by atoms with Crippen molar-refractivity contribution in [2.24, 2.45) is 0 Å². The average molecular weight is 463 g/mol. The number of aromatic nitrogens is 4. The summed E-state index contributed by atoms with van der Waals surface area (Å²) in [5.41, 5.74) is 0.482. The van der Waals surface area contributed by atoms with Crippen molar-refractivity contribution in [3.8, 4) is 17.4 Å². The van der Waals surface area contributed by atoms with E-state index in [0.29, 0.717) is 29.9 Å². The van der Waals surface area contributed by atoms with Gasteiger partial charge in [-0.25, -0.2) is 9.78 Å². The van der Waals surface area contributed by atoms with E-state index in [4.69, 9.17) is 14.4 Å². The Bertz CT molecular complexity index is 1210. The second-order valence-corrected chi connectivity index (χ2v) is 9.04. The SMILES string of the molecule is CC(C)(C)OC(=O)N1C[C@H](NC(=O)c2ncc(-c3cccc(C#N)c3)o2)C[C@H]1Cn1ccnn1. The first-order valence-corrected chi connectivity index (χ1v) is 10.8. The highest BCUT2D eigenvalue weighted by atomic mass is 16.6. The van der Waals surface area contributed by atoms with Crippen LogP contribution in [0.5, 0.6) is 0 Å². The maximum atomic E-state index is 12.8. The number of nitrogens with one attached hydrogen (secondary N) is 1. The predicted molar refractivity (Wildman–Crippen MR) is 119 cm³/mol. The standard InChI is InChI=1S/C23H25N7O4/c1-23(2,3)34-22(32)30-13-17(10-18(30)14-29-8-7-26-28-29)27-20(31)21-25-12-19(33-21)16-6-4-5-15(9-16)11-24/h4-9,12,17-18H,10,13-14H2,1-3H3,(H,27,31)/t17-,18+/m1/s1. The van der Waals surface area contributed by atoms with Crippen molar-refractivity contribution < 1.29 is 18.7 Å². The molecule has 1 aliphatic heterocycles. The van der Waals surface area contributed by atoms with Gasteiger partial charge in [-0.05, 0) is 39.3 Å². The van der Waals surface area contributed by atoms with Gasteiger partial charge < -0.3 is 19.4 Å². The summed E-state index contributed by atoms with van der Waals surface area (Å²) >= 11 is 0. The van der Waals surface area contributed by atoms with Gasteiger partial charge in [0.05, 0.1) is 36.6 Å². The van der Waals surface area contributed by atoms with Crippen molar-refractivity contribution >= 4 is 12.0 Å². The van der Waals surface area contributed by atoms with E-state index in [0.717, 1.165) is 0 Å². The second-order valence-electron chi connectivity index (χ2n) is 9.04. The lowest BCUT2D eigenvalue weighted by Crippen LogP contribution is -2.43. The summed E-state index contributed by atoms with van der Waals surface area (Å²) in [5.74, 6) is -0.202. The minimum atomic E-state index is -0.645. The number of nitriles is 1. The molecule has 2 aromatic heterocycles. The van der Waals surface area contributed by atoms with Crippen LogP contribution in [-0.2, 0) is 11.3 Å². The minimum absolute atomic E-state index is 0.0964. The largest absolute Gasteiger partial charge is 0.444 e. The first kappa shape index (κ1) is 23.0. The van der Waals surface area contributed by atoms with Crippen LogP contribution < -0.4 is 5.32 Å². The molecule has 2 amide bonds. The summed E-state index contributed by atoms with van der Waals surface area (Å²) in [6, 6.07) is 8.34. The number of likely N-dealkylation sites (tertiary alicyclic amines) is 1. The van der Waals surface area contributed by atoms with Crippen LogP contribution in [0.3, 0.4) is 0 Å². The Morgan fingerprint density at radius 1 is 1.35 bits per heavy atom. The van der Waals surface area contributed by atoms with Gasteiger partial charge in [0.15, 0.2) is 5.76 Å². The number of nitrogens with zero attached hydrogens (tertiary/aromatic N) is 6. The average Bonchev–Trinajstić information content (AvgIpc) is 3.54. The molecule has 0 unspecified atom stereocenters. The molecule has 1 aromatic carbocycles. The van der Waals surface area contributed by atoms with Crippen LogP contribution in [0.1, 0.15) is 43.4 Å². The van der Waals surface area contributed by atoms with E-state index in [1.807, 2.05) is 0 Å². The van der Waals surface area contributed by atoms with Crippen LogP contribution in [0.2, 0.25) is 0 Å². The third-order valence-corrected chi connectivity index (χ3v) is 5.22. The summed E-state index contributed by atoms with van der Waals surface area (Å²) in [6.45, 7) is 6.11. The molecule has 34 heavy (non-hydrogen) atoms. The van der Waals surface area contributed by atoms with E-state index in [1.165, 1.54) is 6.20 Å². The maximum Gasteiger partial charge on any atom is 0.410 e. The topological polar surface area (TPSA) is 139 Å².